The van der Waals surface area contributed by atoms with Gasteiger partial charge in [0.25, 0.3) is 0 Å². The van der Waals surface area contributed by atoms with Crippen LogP contribution in [-0.4, -0.2) is 28.5 Å². The van der Waals surface area contributed by atoms with E-state index in [-0.39, 0.29) is 16.9 Å². The molecule has 1 heterocycles. The van der Waals surface area contributed by atoms with Crippen LogP contribution < -0.4 is 0 Å². The highest BCUT2D eigenvalue weighted by molar-refractivity contribution is 6.09. The van der Waals surface area contributed by atoms with Crippen LogP contribution in [0.2, 0.25) is 0 Å². The molecule has 3 rings (SSSR count). The maximum absolute atomic E-state index is 12.9. The number of rotatable bonds is 6. The second-order valence-corrected chi connectivity index (χ2v) is 8.71. The average Bonchev–Trinajstić information content (AvgIpc) is 2.64. The van der Waals surface area contributed by atoms with Crippen molar-refractivity contribution in [2.45, 2.75) is 64.5 Å². The zero-order chi connectivity index (χ0) is 19.5. The maximum atomic E-state index is 12.9. The lowest BCUT2D eigenvalue weighted by atomic mass is 9.82. The quantitative estimate of drug-likeness (QED) is 0.639. The fraction of sp³-hybridized carbons (Fsp3) is 0.458. The Kier molecular flexibility index (Phi) is 5.83. The Hall–Kier alpha value is -1.97. The number of benzene rings is 2. The number of piperidine rings is 1. The molecule has 0 aromatic heterocycles. The molecule has 144 valence electrons. The standard InChI is InChI=1S/C24H31NO2/c1-23(2)16-10-17-24(3,4)25(23)27-18-15-19-11-8-9-14-21(19)22(26)20-12-6-5-7-13-20/h5-9,11-14H,10,15-18H2,1-4H3. The molecule has 3 heteroatoms. The van der Waals surface area contributed by atoms with E-state index < -0.39 is 0 Å². The van der Waals surface area contributed by atoms with E-state index >= 15 is 0 Å². The van der Waals surface area contributed by atoms with Gasteiger partial charge < -0.3 is 0 Å². The van der Waals surface area contributed by atoms with Crippen LogP contribution in [0.15, 0.2) is 54.6 Å². The molecule has 0 bridgehead atoms. The predicted octanol–water partition coefficient (Wildman–Crippen LogP) is 5.43. The average molecular weight is 366 g/mol. The largest absolute Gasteiger partial charge is 0.298 e. The SMILES string of the molecule is CC1(C)CCCC(C)(C)N1OCCc1ccccc1C(=O)c1ccccc1. The van der Waals surface area contributed by atoms with Crippen molar-refractivity contribution in [3.8, 4) is 0 Å². The van der Waals surface area contributed by atoms with Crippen LogP contribution in [0.25, 0.3) is 0 Å². The maximum Gasteiger partial charge on any atom is 0.193 e. The normalized spacial score (nSPS) is 19.0. The van der Waals surface area contributed by atoms with Gasteiger partial charge in [-0.15, -0.1) is 0 Å². The van der Waals surface area contributed by atoms with Gasteiger partial charge in [0.15, 0.2) is 5.78 Å². The van der Waals surface area contributed by atoms with Crippen molar-refractivity contribution in [1.82, 2.24) is 5.06 Å². The van der Waals surface area contributed by atoms with E-state index in [1.54, 1.807) is 0 Å². The van der Waals surface area contributed by atoms with Crippen molar-refractivity contribution in [3.05, 3.63) is 71.3 Å². The summed E-state index contributed by atoms with van der Waals surface area (Å²) in [5, 5.41) is 2.19. The van der Waals surface area contributed by atoms with Crippen LogP contribution in [-0.2, 0) is 11.3 Å². The Morgan fingerprint density at radius 2 is 1.52 bits per heavy atom. The zero-order valence-electron chi connectivity index (χ0n) is 17.0. The van der Waals surface area contributed by atoms with Crippen molar-refractivity contribution in [2.75, 3.05) is 6.61 Å². The third kappa shape index (κ3) is 4.48. The van der Waals surface area contributed by atoms with Gasteiger partial charge in [0, 0.05) is 22.2 Å². The minimum Gasteiger partial charge on any atom is -0.298 e. The van der Waals surface area contributed by atoms with Crippen molar-refractivity contribution < 1.29 is 9.63 Å². The van der Waals surface area contributed by atoms with E-state index in [9.17, 15) is 4.79 Å². The second kappa shape index (κ2) is 7.95. The molecular weight excluding hydrogens is 334 g/mol. The molecule has 0 spiro atoms. The molecule has 27 heavy (non-hydrogen) atoms. The first-order valence-corrected chi connectivity index (χ1v) is 9.92. The highest BCUT2D eigenvalue weighted by Crippen LogP contribution is 2.38. The second-order valence-electron chi connectivity index (χ2n) is 8.71. The van der Waals surface area contributed by atoms with E-state index in [0.29, 0.717) is 6.61 Å². The Labute approximate surface area is 163 Å². The Bertz CT molecular complexity index is 764. The molecule has 1 fully saturated rings. The number of hydroxylamine groups is 2. The first-order chi connectivity index (χ1) is 12.8. The summed E-state index contributed by atoms with van der Waals surface area (Å²) in [6.45, 7) is 9.58. The van der Waals surface area contributed by atoms with Gasteiger partial charge >= 0.3 is 0 Å². The summed E-state index contributed by atoms with van der Waals surface area (Å²) in [6.07, 6.45) is 4.23. The summed E-state index contributed by atoms with van der Waals surface area (Å²) in [6, 6.07) is 17.3. The number of ketones is 1. The molecule has 0 unspecified atom stereocenters. The lowest BCUT2D eigenvalue weighted by Crippen LogP contribution is -2.58. The van der Waals surface area contributed by atoms with Gasteiger partial charge in [-0.05, 0) is 58.9 Å². The van der Waals surface area contributed by atoms with Crippen molar-refractivity contribution >= 4 is 5.78 Å². The highest BCUT2D eigenvalue weighted by Gasteiger charge is 2.42. The summed E-state index contributed by atoms with van der Waals surface area (Å²) < 4.78 is 0. The lowest BCUT2D eigenvalue weighted by molar-refractivity contribution is -0.280. The van der Waals surface area contributed by atoms with E-state index in [1.807, 2.05) is 54.6 Å². The molecule has 0 N–H and O–H groups in total. The number of nitrogens with zero attached hydrogens (tertiary/aromatic N) is 1. The summed E-state index contributed by atoms with van der Waals surface area (Å²) in [5.74, 6) is 0.0739. The van der Waals surface area contributed by atoms with E-state index in [1.165, 1.54) is 6.42 Å². The molecule has 2 aromatic rings. The minimum atomic E-state index is 0.0289. The third-order valence-electron chi connectivity index (χ3n) is 5.57. The minimum absolute atomic E-state index is 0.0289. The molecule has 0 radical (unpaired) electrons. The Morgan fingerprint density at radius 3 is 2.19 bits per heavy atom. The molecule has 0 aliphatic carbocycles. The smallest absolute Gasteiger partial charge is 0.193 e. The van der Waals surface area contributed by atoms with Crippen molar-refractivity contribution in [2.24, 2.45) is 0 Å². The fourth-order valence-corrected chi connectivity index (χ4v) is 4.28. The van der Waals surface area contributed by atoms with Crippen LogP contribution in [0.1, 0.15) is 68.4 Å². The lowest BCUT2D eigenvalue weighted by Gasteiger charge is -2.51. The van der Waals surface area contributed by atoms with Gasteiger partial charge in [-0.1, -0.05) is 54.6 Å². The molecular formula is C24H31NO2. The van der Waals surface area contributed by atoms with Gasteiger partial charge in [0.2, 0.25) is 0 Å². The predicted molar refractivity (Wildman–Crippen MR) is 110 cm³/mol. The molecule has 1 aliphatic heterocycles. The van der Waals surface area contributed by atoms with Crippen molar-refractivity contribution in [1.29, 1.82) is 0 Å². The van der Waals surface area contributed by atoms with Crippen LogP contribution in [0.3, 0.4) is 0 Å². The van der Waals surface area contributed by atoms with Crippen molar-refractivity contribution in [3.63, 3.8) is 0 Å². The van der Waals surface area contributed by atoms with Crippen LogP contribution >= 0.6 is 0 Å². The van der Waals surface area contributed by atoms with E-state index in [2.05, 4.69) is 32.8 Å². The summed E-state index contributed by atoms with van der Waals surface area (Å²) in [7, 11) is 0. The first kappa shape index (κ1) is 19.8. The molecule has 2 aromatic carbocycles. The van der Waals surface area contributed by atoms with Gasteiger partial charge in [-0.25, -0.2) is 0 Å². The molecule has 0 amide bonds. The fourth-order valence-electron chi connectivity index (χ4n) is 4.28. The Morgan fingerprint density at radius 1 is 0.926 bits per heavy atom. The van der Waals surface area contributed by atoms with Crippen LogP contribution in [0, 0.1) is 0 Å². The van der Waals surface area contributed by atoms with E-state index in [4.69, 9.17) is 4.84 Å². The molecule has 0 saturated carbocycles. The van der Waals surface area contributed by atoms with Gasteiger partial charge in [0.05, 0.1) is 6.61 Å². The summed E-state index contributed by atoms with van der Waals surface area (Å²) in [5.41, 5.74) is 2.59. The zero-order valence-corrected chi connectivity index (χ0v) is 17.0. The topological polar surface area (TPSA) is 29.5 Å². The monoisotopic (exact) mass is 365 g/mol. The van der Waals surface area contributed by atoms with Crippen LogP contribution in [0.5, 0.6) is 0 Å². The summed E-state index contributed by atoms with van der Waals surface area (Å²) in [4.78, 5) is 19.2. The molecule has 1 saturated heterocycles. The Balaban J connectivity index is 1.71. The third-order valence-corrected chi connectivity index (χ3v) is 5.57. The summed E-state index contributed by atoms with van der Waals surface area (Å²) >= 11 is 0. The molecule has 3 nitrogen and oxygen atoms in total. The van der Waals surface area contributed by atoms with Crippen LogP contribution in [0.4, 0.5) is 0 Å². The number of hydrogen-bond acceptors (Lipinski definition) is 3. The van der Waals surface area contributed by atoms with Gasteiger partial charge in [-0.3, -0.25) is 9.63 Å². The van der Waals surface area contributed by atoms with E-state index in [0.717, 1.165) is 36.0 Å². The number of carbonyl (C=O) groups excluding carboxylic acids is 1. The highest BCUT2D eigenvalue weighted by atomic mass is 16.7. The molecule has 0 atom stereocenters. The van der Waals surface area contributed by atoms with Gasteiger partial charge in [-0.2, -0.15) is 5.06 Å². The first-order valence-electron chi connectivity index (χ1n) is 9.92. The number of carbonyl (C=O) groups is 1. The molecule has 1 aliphatic rings. The number of hydrogen-bond donors (Lipinski definition) is 0. The van der Waals surface area contributed by atoms with Gasteiger partial charge in [0.1, 0.15) is 0 Å².